The topological polar surface area (TPSA) is 87.2 Å². The van der Waals surface area contributed by atoms with Crippen LogP contribution < -0.4 is 5.14 Å². The summed E-state index contributed by atoms with van der Waals surface area (Å²) in [5.74, 6) is -2.79. The molecule has 0 fully saturated rings. The second-order valence-electron chi connectivity index (χ2n) is 5.59. The van der Waals surface area contributed by atoms with Gasteiger partial charge < -0.3 is 4.74 Å². The number of benzene rings is 1. The molecule has 2 N–H and O–H groups in total. The summed E-state index contributed by atoms with van der Waals surface area (Å²) in [5.41, 5.74) is 0.148. The van der Waals surface area contributed by atoms with Gasteiger partial charge in [-0.25, -0.2) is 22.9 Å². The number of sulfonamides is 1. The largest absolute Gasteiger partial charge is 0.381 e. The summed E-state index contributed by atoms with van der Waals surface area (Å²) in [7, 11) is -2.64. The van der Waals surface area contributed by atoms with E-state index in [-0.39, 0.29) is 33.0 Å². The number of primary sulfonamides is 1. The molecule has 0 saturated carbocycles. The zero-order valence-electron chi connectivity index (χ0n) is 14.0. The minimum absolute atomic E-state index is 0.0746. The maximum absolute atomic E-state index is 14.7. The van der Waals surface area contributed by atoms with Crippen molar-refractivity contribution in [3.63, 3.8) is 0 Å². The molecule has 3 aromatic rings. The van der Waals surface area contributed by atoms with E-state index in [1.165, 1.54) is 37.5 Å². The molecular formula is C17H14ClF2N3O3S. The van der Waals surface area contributed by atoms with Crippen LogP contribution in [0.25, 0.3) is 22.8 Å². The Morgan fingerprint density at radius 2 is 2.07 bits per heavy atom. The van der Waals surface area contributed by atoms with Crippen LogP contribution in [0.3, 0.4) is 0 Å². The average molecular weight is 414 g/mol. The second kappa shape index (κ2) is 7.35. The molecular weight excluding hydrogens is 400 g/mol. The van der Waals surface area contributed by atoms with Crippen molar-refractivity contribution >= 4 is 38.6 Å². The van der Waals surface area contributed by atoms with Crippen LogP contribution in [0, 0.1) is 11.6 Å². The quantitative estimate of drug-likeness (QED) is 0.695. The highest BCUT2D eigenvalue weighted by Gasteiger charge is 2.22. The molecule has 2 aromatic heterocycles. The first kappa shape index (κ1) is 19.4. The Bertz CT molecular complexity index is 1160. The molecule has 0 bridgehead atoms. The normalized spacial score (nSPS) is 12.3. The molecule has 27 heavy (non-hydrogen) atoms. The maximum Gasteiger partial charge on any atom is 0.240 e. The van der Waals surface area contributed by atoms with Crippen molar-refractivity contribution in [1.29, 1.82) is 0 Å². The summed E-state index contributed by atoms with van der Waals surface area (Å²) >= 11 is 5.97. The molecule has 2 heterocycles. The Morgan fingerprint density at radius 1 is 1.33 bits per heavy atom. The molecule has 0 radical (unpaired) electrons. The number of aromatic nitrogens is 2. The molecule has 0 amide bonds. The van der Waals surface area contributed by atoms with E-state index in [1.54, 1.807) is 0 Å². The minimum atomic E-state index is -4.11. The summed E-state index contributed by atoms with van der Waals surface area (Å²) in [6.45, 7) is 0.223. The van der Waals surface area contributed by atoms with E-state index in [1.807, 2.05) is 0 Å². The maximum atomic E-state index is 14.7. The lowest BCUT2D eigenvalue weighted by atomic mass is 10.2. The average Bonchev–Trinajstić information content (AvgIpc) is 2.98. The summed E-state index contributed by atoms with van der Waals surface area (Å²) in [4.78, 5) is 3.69. The monoisotopic (exact) mass is 413 g/mol. The van der Waals surface area contributed by atoms with Crippen molar-refractivity contribution in [3.8, 4) is 5.82 Å². The zero-order valence-corrected chi connectivity index (χ0v) is 15.6. The number of nitrogens with zero attached hydrogens (tertiary/aromatic N) is 2. The summed E-state index contributed by atoms with van der Waals surface area (Å²) in [6, 6.07) is 4.32. The Labute approximate surface area is 158 Å². The van der Waals surface area contributed by atoms with Crippen molar-refractivity contribution in [1.82, 2.24) is 9.55 Å². The Hall–Kier alpha value is -2.33. The van der Waals surface area contributed by atoms with Crippen molar-refractivity contribution < 1.29 is 21.9 Å². The Kier molecular flexibility index (Phi) is 5.29. The van der Waals surface area contributed by atoms with Crippen LogP contribution in [0.15, 0.2) is 41.6 Å². The molecule has 1 aromatic carbocycles. The van der Waals surface area contributed by atoms with Crippen LogP contribution in [-0.4, -0.2) is 31.7 Å². The van der Waals surface area contributed by atoms with Gasteiger partial charge >= 0.3 is 0 Å². The van der Waals surface area contributed by atoms with Gasteiger partial charge in [0.1, 0.15) is 4.90 Å². The van der Waals surface area contributed by atoms with Crippen LogP contribution in [0.1, 0.15) is 5.56 Å². The standard InChI is InChI=1S/C17H14ClF2N3O3S/c1-26-6-2-3-10-8-22-17(16(20)15(10)19)23-9-14(27(21,24)25)12-5-4-11(18)7-13(12)23/h2-5,7-9H,6H2,1H3,(H2,21,24,25)/b3-2+. The molecule has 0 unspecified atom stereocenters. The SMILES string of the molecule is COC/C=C/c1cnc(-n2cc(S(N)(=O)=O)c3ccc(Cl)cc32)c(F)c1F. The first-order chi connectivity index (χ1) is 12.7. The van der Waals surface area contributed by atoms with Gasteiger partial charge in [0.15, 0.2) is 11.6 Å². The second-order valence-corrected chi connectivity index (χ2v) is 7.56. The number of nitrogens with two attached hydrogens (primary N) is 1. The molecule has 0 aliphatic heterocycles. The van der Waals surface area contributed by atoms with Gasteiger partial charge in [-0.2, -0.15) is 4.39 Å². The zero-order chi connectivity index (χ0) is 19.8. The lowest BCUT2D eigenvalue weighted by Crippen LogP contribution is -2.11. The van der Waals surface area contributed by atoms with Crippen LogP contribution in [0.2, 0.25) is 5.02 Å². The van der Waals surface area contributed by atoms with E-state index in [0.29, 0.717) is 0 Å². The van der Waals surface area contributed by atoms with Crippen LogP contribution >= 0.6 is 11.6 Å². The van der Waals surface area contributed by atoms with Gasteiger partial charge in [-0.05, 0) is 18.2 Å². The highest BCUT2D eigenvalue weighted by atomic mass is 35.5. The molecule has 10 heteroatoms. The van der Waals surface area contributed by atoms with Gasteiger partial charge in [0, 0.05) is 35.5 Å². The predicted octanol–water partition coefficient (Wildman–Crippen LogP) is 3.26. The van der Waals surface area contributed by atoms with Gasteiger partial charge in [-0.1, -0.05) is 23.8 Å². The first-order valence-electron chi connectivity index (χ1n) is 7.57. The van der Waals surface area contributed by atoms with Gasteiger partial charge in [0.25, 0.3) is 0 Å². The Balaban J connectivity index is 2.24. The smallest absolute Gasteiger partial charge is 0.240 e. The molecule has 142 valence electrons. The van der Waals surface area contributed by atoms with Crippen LogP contribution in [-0.2, 0) is 14.8 Å². The highest BCUT2D eigenvalue weighted by Crippen LogP contribution is 2.30. The summed E-state index contributed by atoms with van der Waals surface area (Å²) in [6.07, 6.45) is 5.05. The number of hydrogen-bond acceptors (Lipinski definition) is 4. The van der Waals surface area contributed by atoms with Crippen LogP contribution in [0.5, 0.6) is 0 Å². The number of ether oxygens (including phenoxy) is 1. The van der Waals surface area contributed by atoms with Crippen molar-refractivity contribution in [2.45, 2.75) is 4.90 Å². The van der Waals surface area contributed by atoms with E-state index in [4.69, 9.17) is 21.5 Å². The molecule has 0 aliphatic rings. The summed E-state index contributed by atoms with van der Waals surface area (Å²) in [5, 5.41) is 5.72. The fourth-order valence-electron chi connectivity index (χ4n) is 2.60. The third-order valence-electron chi connectivity index (χ3n) is 3.79. The molecule has 6 nitrogen and oxygen atoms in total. The predicted molar refractivity (Wildman–Crippen MR) is 98.3 cm³/mol. The fourth-order valence-corrected chi connectivity index (χ4v) is 3.49. The molecule has 0 aliphatic carbocycles. The van der Waals surface area contributed by atoms with Crippen LogP contribution in [0.4, 0.5) is 8.78 Å². The molecule has 0 spiro atoms. The fraction of sp³-hybridized carbons (Fsp3) is 0.118. The van der Waals surface area contributed by atoms with Gasteiger partial charge in [-0.15, -0.1) is 0 Å². The van der Waals surface area contributed by atoms with Gasteiger partial charge in [0.05, 0.1) is 12.1 Å². The van der Waals surface area contributed by atoms with E-state index in [9.17, 15) is 17.2 Å². The highest BCUT2D eigenvalue weighted by molar-refractivity contribution is 7.89. The molecule has 0 atom stereocenters. The number of rotatable bonds is 5. The van der Waals surface area contributed by atoms with Crippen molar-refractivity contribution in [3.05, 3.63) is 58.9 Å². The van der Waals surface area contributed by atoms with E-state index in [2.05, 4.69) is 4.98 Å². The number of halogens is 3. The number of methoxy groups -OCH3 is 1. The van der Waals surface area contributed by atoms with E-state index >= 15 is 0 Å². The van der Waals surface area contributed by atoms with E-state index < -0.39 is 27.5 Å². The van der Waals surface area contributed by atoms with Gasteiger partial charge in [-0.3, -0.25) is 4.57 Å². The lowest BCUT2D eigenvalue weighted by molar-refractivity contribution is 0.234. The van der Waals surface area contributed by atoms with Crippen molar-refractivity contribution in [2.75, 3.05) is 13.7 Å². The lowest BCUT2D eigenvalue weighted by Gasteiger charge is -2.08. The summed E-state index contributed by atoms with van der Waals surface area (Å²) < 4.78 is 58.7. The van der Waals surface area contributed by atoms with E-state index in [0.717, 1.165) is 17.0 Å². The first-order valence-corrected chi connectivity index (χ1v) is 9.49. The number of fused-ring (bicyclic) bond motifs is 1. The molecule has 0 saturated heterocycles. The van der Waals surface area contributed by atoms with Crippen molar-refractivity contribution in [2.24, 2.45) is 5.14 Å². The minimum Gasteiger partial charge on any atom is -0.381 e. The Morgan fingerprint density at radius 3 is 2.74 bits per heavy atom. The van der Waals surface area contributed by atoms with Gasteiger partial charge in [0.2, 0.25) is 15.8 Å². The molecule has 3 rings (SSSR count). The third kappa shape index (κ3) is 3.72. The number of hydrogen-bond donors (Lipinski definition) is 1. The number of pyridine rings is 1. The third-order valence-corrected chi connectivity index (χ3v) is 4.97.